The second kappa shape index (κ2) is 15.3. The van der Waals surface area contributed by atoms with Gasteiger partial charge in [0.2, 0.25) is 11.8 Å². The Morgan fingerprint density at radius 1 is 1.07 bits per heavy atom. The molecule has 12 heteroatoms. The number of rotatable bonds is 11. The summed E-state index contributed by atoms with van der Waals surface area (Å²) < 4.78 is 14.0. The molecule has 2 aromatic carbocycles. The zero-order valence-electron chi connectivity index (χ0n) is 24.9. The summed E-state index contributed by atoms with van der Waals surface area (Å²) in [6, 6.07) is 11.6. The first-order valence-electron chi connectivity index (χ1n) is 14.6. The van der Waals surface area contributed by atoms with E-state index in [1.807, 2.05) is 35.2 Å². The van der Waals surface area contributed by atoms with E-state index < -0.39 is 17.9 Å². The van der Waals surface area contributed by atoms with Gasteiger partial charge in [-0.2, -0.15) is 0 Å². The van der Waals surface area contributed by atoms with Crippen molar-refractivity contribution in [3.05, 3.63) is 76.2 Å². The van der Waals surface area contributed by atoms with Crippen LogP contribution in [0.4, 0.5) is 9.18 Å². The number of amides is 4. The van der Waals surface area contributed by atoms with Crippen molar-refractivity contribution in [2.75, 3.05) is 32.8 Å². The van der Waals surface area contributed by atoms with Crippen LogP contribution in [0.5, 0.6) is 0 Å². The predicted molar refractivity (Wildman–Crippen MR) is 163 cm³/mol. The third-order valence-electron chi connectivity index (χ3n) is 7.79. The molecule has 4 rings (SSSR count). The van der Waals surface area contributed by atoms with Crippen molar-refractivity contribution in [3.8, 4) is 0 Å². The highest BCUT2D eigenvalue weighted by atomic mass is 35.5. The summed E-state index contributed by atoms with van der Waals surface area (Å²) in [6.45, 7) is 8.96. The van der Waals surface area contributed by atoms with Crippen molar-refractivity contribution in [2.45, 2.75) is 58.8 Å². The molecule has 0 aliphatic carbocycles. The molecular formula is C31H40ClFN6O4. The normalized spacial score (nSPS) is 15.8. The van der Waals surface area contributed by atoms with E-state index in [1.54, 1.807) is 12.3 Å². The molecule has 0 aromatic heterocycles. The van der Waals surface area contributed by atoms with Gasteiger partial charge in [-0.3, -0.25) is 29.2 Å². The lowest BCUT2D eigenvalue weighted by Gasteiger charge is -2.37. The van der Waals surface area contributed by atoms with Crippen LogP contribution in [0.3, 0.4) is 0 Å². The van der Waals surface area contributed by atoms with Crippen molar-refractivity contribution in [3.63, 3.8) is 0 Å². The molecule has 232 valence electrons. The molecule has 1 fully saturated rings. The van der Waals surface area contributed by atoms with Gasteiger partial charge in [0.05, 0.1) is 24.2 Å². The highest BCUT2D eigenvalue weighted by Gasteiger charge is 2.27. The summed E-state index contributed by atoms with van der Waals surface area (Å²) in [5, 5.41) is 1.32. The number of urea groups is 1. The van der Waals surface area contributed by atoms with E-state index in [0.29, 0.717) is 31.2 Å². The van der Waals surface area contributed by atoms with Crippen LogP contribution in [-0.4, -0.2) is 82.4 Å². The fourth-order valence-electron chi connectivity index (χ4n) is 5.22. The fourth-order valence-corrected chi connectivity index (χ4v) is 5.41. The molecule has 1 atom stereocenters. The van der Waals surface area contributed by atoms with Gasteiger partial charge >= 0.3 is 6.03 Å². The minimum absolute atomic E-state index is 0.00811. The summed E-state index contributed by atoms with van der Waals surface area (Å²) in [6.07, 6.45) is 4.00. The lowest BCUT2D eigenvalue weighted by atomic mass is 10.0. The Kier molecular flexibility index (Phi) is 11.5. The monoisotopic (exact) mass is 614 g/mol. The molecule has 2 aliphatic rings. The SMILES string of the molecule is CC(=O)N(NCc1cccc(F)c1Cl)[C@@H](CCC(=O)N1CCN(C(C)C)CC1)CONC(=O)N1C=Cc2ccccc2C1. The molecule has 4 amide bonds. The van der Waals surface area contributed by atoms with Crippen LogP contribution >= 0.6 is 11.6 Å². The van der Waals surface area contributed by atoms with Crippen LogP contribution in [0.25, 0.3) is 6.08 Å². The summed E-state index contributed by atoms with van der Waals surface area (Å²) >= 11 is 6.12. The van der Waals surface area contributed by atoms with Gasteiger partial charge in [0.25, 0.3) is 0 Å². The fraction of sp³-hybridized carbons (Fsp3) is 0.452. The molecule has 2 aliphatic heterocycles. The first-order chi connectivity index (χ1) is 20.6. The second-order valence-corrected chi connectivity index (χ2v) is 11.4. The number of hydrogen-bond acceptors (Lipinski definition) is 6. The molecular weight excluding hydrogens is 575 g/mol. The molecule has 0 spiro atoms. The Bertz CT molecular complexity index is 1320. The summed E-state index contributed by atoms with van der Waals surface area (Å²) in [7, 11) is 0. The van der Waals surface area contributed by atoms with E-state index in [1.165, 1.54) is 29.0 Å². The van der Waals surface area contributed by atoms with Gasteiger partial charge in [-0.1, -0.05) is 48.0 Å². The molecule has 43 heavy (non-hydrogen) atoms. The Morgan fingerprint density at radius 2 is 1.81 bits per heavy atom. The molecule has 0 saturated carbocycles. The van der Waals surface area contributed by atoms with Crippen LogP contribution in [0.2, 0.25) is 5.02 Å². The third kappa shape index (κ3) is 8.76. The molecule has 0 unspecified atom stereocenters. The number of piperazine rings is 1. The van der Waals surface area contributed by atoms with Crippen molar-refractivity contribution in [2.24, 2.45) is 0 Å². The third-order valence-corrected chi connectivity index (χ3v) is 8.21. The van der Waals surface area contributed by atoms with E-state index in [9.17, 15) is 18.8 Å². The van der Waals surface area contributed by atoms with Gasteiger partial charge in [-0.25, -0.2) is 20.1 Å². The quantitative estimate of drug-likeness (QED) is 0.369. The average molecular weight is 615 g/mol. The van der Waals surface area contributed by atoms with Gasteiger partial charge in [0.15, 0.2) is 0 Å². The molecule has 2 N–H and O–H groups in total. The molecule has 2 aromatic rings. The van der Waals surface area contributed by atoms with Gasteiger partial charge in [-0.15, -0.1) is 0 Å². The van der Waals surface area contributed by atoms with Gasteiger partial charge in [0, 0.05) is 58.3 Å². The van der Waals surface area contributed by atoms with Crippen LogP contribution in [0, 0.1) is 5.82 Å². The molecule has 1 saturated heterocycles. The zero-order valence-corrected chi connectivity index (χ0v) is 25.6. The minimum atomic E-state index is -0.622. The second-order valence-electron chi connectivity index (χ2n) is 11.0. The van der Waals surface area contributed by atoms with E-state index >= 15 is 0 Å². The number of hydrazine groups is 1. The number of benzene rings is 2. The molecule has 0 bridgehead atoms. The Labute approximate surface area is 257 Å². The standard InChI is InChI=1S/C31H40ClFN6O4/c1-22(2)36-15-17-37(18-16-36)29(41)12-11-27(39(23(3)40)34-19-25-9-6-10-28(33)30(25)32)21-43-35-31(42)38-14-13-24-7-4-5-8-26(24)20-38/h4-10,13-14,22,27,34H,11-12,15-21H2,1-3H3,(H,35,42)/t27-/m0/s1. The molecule has 0 radical (unpaired) electrons. The van der Waals surface area contributed by atoms with Crippen LogP contribution in [0.1, 0.15) is 50.3 Å². The van der Waals surface area contributed by atoms with Crippen molar-refractivity contribution in [1.29, 1.82) is 0 Å². The number of halogens is 2. The summed E-state index contributed by atoms with van der Waals surface area (Å²) in [5.41, 5.74) is 8.01. The maximum Gasteiger partial charge on any atom is 0.345 e. The zero-order chi connectivity index (χ0) is 30.9. The smallest absolute Gasteiger partial charge is 0.340 e. The molecule has 10 nitrogen and oxygen atoms in total. The highest BCUT2D eigenvalue weighted by molar-refractivity contribution is 6.31. The largest absolute Gasteiger partial charge is 0.345 e. The van der Waals surface area contributed by atoms with Gasteiger partial charge in [-0.05, 0) is 49.1 Å². The number of fused-ring (bicyclic) bond motifs is 1. The first-order valence-corrected chi connectivity index (χ1v) is 14.9. The van der Waals surface area contributed by atoms with Crippen LogP contribution in [0.15, 0.2) is 48.7 Å². The average Bonchev–Trinajstić information content (AvgIpc) is 3.00. The topological polar surface area (TPSA) is 97.5 Å². The number of carbonyl (C=O) groups excluding carboxylic acids is 3. The maximum atomic E-state index is 14.0. The lowest BCUT2D eigenvalue weighted by Crippen LogP contribution is -2.53. The van der Waals surface area contributed by atoms with E-state index in [0.717, 1.165) is 24.2 Å². The highest BCUT2D eigenvalue weighted by Crippen LogP contribution is 2.21. The first kappa shape index (κ1) is 32.4. The van der Waals surface area contributed by atoms with Gasteiger partial charge in [0.1, 0.15) is 5.82 Å². The number of hydroxylamine groups is 1. The predicted octanol–water partition coefficient (Wildman–Crippen LogP) is 4.16. The van der Waals surface area contributed by atoms with Gasteiger partial charge < -0.3 is 4.90 Å². The van der Waals surface area contributed by atoms with Crippen molar-refractivity contribution in [1.82, 2.24) is 30.6 Å². The van der Waals surface area contributed by atoms with E-state index in [4.69, 9.17) is 16.4 Å². The number of hydrogen-bond donors (Lipinski definition) is 2. The summed E-state index contributed by atoms with van der Waals surface area (Å²) in [4.78, 5) is 50.0. The van der Waals surface area contributed by atoms with Crippen LogP contribution < -0.4 is 10.9 Å². The van der Waals surface area contributed by atoms with Crippen molar-refractivity contribution < 1.29 is 23.6 Å². The minimum Gasteiger partial charge on any atom is -0.340 e. The summed E-state index contributed by atoms with van der Waals surface area (Å²) in [5.74, 6) is -0.900. The number of nitrogens with zero attached hydrogens (tertiary/aromatic N) is 4. The van der Waals surface area contributed by atoms with Crippen molar-refractivity contribution >= 4 is 35.5 Å². The number of carbonyl (C=O) groups is 3. The maximum absolute atomic E-state index is 14.0. The van der Waals surface area contributed by atoms with Crippen LogP contribution in [-0.2, 0) is 27.5 Å². The van der Waals surface area contributed by atoms with E-state index in [-0.39, 0.29) is 42.8 Å². The Balaban J connectivity index is 1.39. The van der Waals surface area contributed by atoms with E-state index in [2.05, 4.69) is 29.7 Å². The lowest BCUT2D eigenvalue weighted by molar-refractivity contribution is -0.140. The number of nitrogens with one attached hydrogen (secondary N) is 2. The molecule has 2 heterocycles. The Morgan fingerprint density at radius 3 is 2.53 bits per heavy atom. The Hall–Kier alpha value is -3.51.